The summed E-state index contributed by atoms with van der Waals surface area (Å²) in [5.74, 6) is -0.118. The Labute approximate surface area is 114 Å². The molecule has 1 N–H and O–H groups in total. The normalized spacial score (nSPS) is 12.4. The standard InChI is InChI=1S/C15H20N2O2/c1-11(9-16)13-7-5-12(6-8-13)10-17-14(18)19-15(2,3)4/h5-8,11H,10H2,1-4H3,(H,17,18). The first-order chi connectivity index (χ1) is 8.81. The lowest BCUT2D eigenvalue weighted by atomic mass is 10.0. The number of amides is 1. The van der Waals surface area contributed by atoms with Crippen LogP contribution in [0.4, 0.5) is 4.79 Å². The minimum Gasteiger partial charge on any atom is -0.444 e. The van der Waals surface area contributed by atoms with E-state index in [2.05, 4.69) is 11.4 Å². The molecule has 1 rings (SSSR count). The predicted molar refractivity (Wildman–Crippen MR) is 73.5 cm³/mol. The molecule has 1 unspecified atom stereocenters. The predicted octanol–water partition coefficient (Wildman–Crippen LogP) is 3.34. The van der Waals surface area contributed by atoms with E-state index >= 15 is 0 Å². The number of hydrogen-bond donors (Lipinski definition) is 1. The van der Waals surface area contributed by atoms with Crippen molar-refractivity contribution < 1.29 is 9.53 Å². The van der Waals surface area contributed by atoms with Crippen molar-refractivity contribution >= 4 is 6.09 Å². The van der Waals surface area contributed by atoms with Crippen LogP contribution in [0.3, 0.4) is 0 Å². The van der Waals surface area contributed by atoms with Crippen molar-refractivity contribution in [1.82, 2.24) is 5.32 Å². The van der Waals surface area contributed by atoms with E-state index < -0.39 is 11.7 Å². The highest BCUT2D eigenvalue weighted by molar-refractivity contribution is 5.67. The Morgan fingerprint density at radius 2 is 1.95 bits per heavy atom. The maximum Gasteiger partial charge on any atom is 0.407 e. The summed E-state index contributed by atoms with van der Waals surface area (Å²) in [5.41, 5.74) is 1.46. The van der Waals surface area contributed by atoms with Gasteiger partial charge in [0.05, 0.1) is 12.0 Å². The van der Waals surface area contributed by atoms with Gasteiger partial charge in [0, 0.05) is 6.54 Å². The van der Waals surface area contributed by atoms with Gasteiger partial charge in [-0.25, -0.2) is 4.79 Å². The first-order valence-corrected chi connectivity index (χ1v) is 6.27. The average Bonchev–Trinajstić information content (AvgIpc) is 2.34. The van der Waals surface area contributed by atoms with Gasteiger partial charge in [-0.1, -0.05) is 24.3 Å². The van der Waals surface area contributed by atoms with E-state index in [1.54, 1.807) is 0 Å². The summed E-state index contributed by atoms with van der Waals surface area (Å²) in [5, 5.41) is 11.5. The van der Waals surface area contributed by atoms with Crippen molar-refractivity contribution in [1.29, 1.82) is 5.26 Å². The molecule has 19 heavy (non-hydrogen) atoms. The van der Waals surface area contributed by atoms with Crippen molar-refractivity contribution in [3.05, 3.63) is 35.4 Å². The molecule has 0 aliphatic heterocycles. The highest BCUT2D eigenvalue weighted by atomic mass is 16.6. The van der Waals surface area contributed by atoms with Crippen molar-refractivity contribution in [3.8, 4) is 6.07 Å². The number of benzene rings is 1. The molecule has 0 fully saturated rings. The third kappa shape index (κ3) is 5.43. The van der Waals surface area contributed by atoms with Crippen LogP contribution in [-0.2, 0) is 11.3 Å². The van der Waals surface area contributed by atoms with Crippen LogP contribution in [-0.4, -0.2) is 11.7 Å². The Morgan fingerprint density at radius 3 is 2.42 bits per heavy atom. The molecule has 0 spiro atoms. The lowest BCUT2D eigenvalue weighted by Crippen LogP contribution is -2.32. The molecule has 0 heterocycles. The molecule has 4 nitrogen and oxygen atoms in total. The lowest BCUT2D eigenvalue weighted by molar-refractivity contribution is 0.0523. The third-order valence-corrected chi connectivity index (χ3v) is 2.51. The molecule has 0 aromatic heterocycles. The van der Waals surface area contributed by atoms with Crippen LogP contribution in [0.1, 0.15) is 44.7 Å². The van der Waals surface area contributed by atoms with E-state index in [0.717, 1.165) is 11.1 Å². The Balaban J connectivity index is 2.51. The summed E-state index contributed by atoms with van der Waals surface area (Å²) < 4.78 is 5.15. The molecular weight excluding hydrogens is 240 g/mol. The fourth-order valence-corrected chi connectivity index (χ4v) is 1.49. The highest BCUT2D eigenvalue weighted by Crippen LogP contribution is 2.14. The fourth-order valence-electron chi connectivity index (χ4n) is 1.49. The molecule has 1 atom stereocenters. The number of rotatable bonds is 3. The molecule has 1 amide bonds. The highest BCUT2D eigenvalue weighted by Gasteiger charge is 2.15. The third-order valence-electron chi connectivity index (χ3n) is 2.51. The van der Waals surface area contributed by atoms with Crippen LogP contribution < -0.4 is 5.32 Å². The van der Waals surface area contributed by atoms with Crippen LogP contribution in [0.15, 0.2) is 24.3 Å². The number of nitrogens with one attached hydrogen (secondary N) is 1. The zero-order valence-corrected chi connectivity index (χ0v) is 11.9. The Hall–Kier alpha value is -2.02. The van der Waals surface area contributed by atoms with E-state index in [1.807, 2.05) is 52.0 Å². The van der Waals surface area contributed by atoms with E-state index in [0.29, 0.717) is 6.54 Å². The summed E-state index contributed by atoms with van der Waals surface area (Å²) in [7, 11) is 0. The van der Waals surface area contributed by atoms with Gasteiger partial charge in [-0.05, 0) is 38.8 Å². The van der Waals surface area contributed by atoms with Crippen molar-refractivity contribution in [2.45, 2.75) is 45.8 Å². The van der Waals surface area contributed by atoms with E-state index in [1.165, 1.54) is 0 Å². The van der Waals surface area contributed by atoms with Gasteiger partial charge in [-0.2, -0.15) is 5.26 Å². The topological polar surface area (TPSA) is 62.1 Å². The number of alkyl carbamates (subject to hydrolysis) is 1. The maximum absolute atomic E-state index is 11.5. The maximum atomic E-state index is 11.5. The second kappa shape index (κ2) is 6.24. The first kappa shape index (κ1) is 15.0. The van der Waals surface area contributed by atoms with Gasteiger partial charge in [-0.3, -0.25) is 0 Å². The Morgan fingerprint density at radius 1 is 1.37 bits per heavy atom. The van der Waals surface area contributed by atoms with E-state index in [9.17, 15) is 4.79 Å². The van der Waals surface area contributed by atoms with E-state index in [-0.39, 0.29) is 5.92 Å². The number of carbonyl (C=O) groups is 1. The second-order valence-corrected chi connectivity index (χ2v) is 5.45. The molecule has 1 aromatic rings. The summed E-state index contributed by atoms with van der Waals surface area (Å²) >= 11 is 0. The van der Waals surface area contributed by atoms with Gasteiger partial charge in [-0.15, -0.1) is 0 Å². The molecular formula is C15H20N2O2. The van der Waals surface area contributed by atoms with Gasteiger partial charge in [0.2, 0.25) is 0 Å². The monoisotopic (exact) mass is 260 g/mol. The van der Waals surface area contributed by atoms with Gasteiger partial charge in [0.15, 0.2) is 0 Å². The zero-order chi connectivity index (χ0) is 14.5. The van der Waals surface area contributed by atoms with Crippen LogP contribution in [0, 0.1) is 11.3 Å². The Bertz CT molecular complexity index is 466. The van der Waals surface area contributed by atoms with Gasteiger partial charge in [0.1, 0.15) is 5.60 Å². The summed E-state index contributed by atoms with van der Waals surface area (Å²) in [4.78, 5) is 11.5. The molecule has 0 aliphatic carbocycles. The van der Waals surface area contributed by atoms with Crippen LogP contribution in [0.5, 0.6) is 0 Å². The molecule has 1 aromatic carbocycles. The minimum absolute atomic E-state index is 0.118. The fraction of sp³-hybridized carbons (Fsp3) is 0.467. The van der Waals surface area contributed by atoms with Crippen molar-refractivity contribution in [2.75, 3.05) is 0 Å². The number of ether oxygens (including phenoxy) is 1. The van der Waals surface area contributed by atoms with Crippen molar-refractivity contribution in [2.24, 2.45) is 0 Å². The van der Waals surface area contributed by atoms with Gasteiger partial charge in [0.25, 0.3) is 0 Å². The number of carbonyl (C=O) groups excluding carboxylic acids is 1. The average molecular weight is 260 g/mol. The smallest absolute Gasteiger partial charge is 0.407 e. The lowest BCUT2D eigenvalue weighted by Gasteiger charge is -2.19. The second-order valence-electron chi connectivity index (χ2n) is 5.45. The van der Waals surface area contributed by atoms with E-state index in [4.69, 9.17) is 10.00 Å². The van der Waals surface area contributed by atoms with Gasteiger partial charge >= 0.3 is 6.09 Å². The first-order valence-electron chi connectivity index (χ1n) is 6.27. The minimum atomic E-state index is -0.490. The molecule has 4 heteroatoms. The van der Waals surface area contributed by atoms with Crippen molar-refractivity contribution in [3.63, 3.8) is 0 Å². The van der Waals surface area contributed by atoms with Crippen LogP contribution >= 0.6 is 0 Å². The molecule has 0 radical (unpaired) electrons. The molecule has 0 bridgehead atoms. The molecule has 0 aliphatic rings. The zero-order valence-electron chi connectivity index (χ0n) is 11.9. The SMILES string of the molecule is CC(C#N)c1ccc(CNC(=O)OC(C)(C)C)cc1. The number of nitriles is 1. The Kier molecular flexibility index (Phi) is 4.94. The number of hydrogen-bond acceptors (Lipinski definition) is 3. The molecule has 0 saturated carbocycles. The van der Waals surface area contributed by atoms with Crippen LogP contribution in [0.2, 0.25) is 0 Å². The van der Waals surface area contributed by atoms with Crippen LogP contribution in [0.25, 0.3) is 0 Å². The molecule has 102 valence electrons. The quantitative estimate of drug-likeness (QED) is 0.906. The van der Waals surface area contributed by atoms with Gasteiger partial charge < -0.3 is 10.1 Å². The molecule has 0 saturated heterocycles. The summed E-state index contributed by atoms with van der Waals surface area (Å²) in [6, 6.07) is 9.80. The summed E-state index contributed by atoms with van der Waals surface area (Å²) in [6.07, 6.45) is -0.429. The largest absolute Gasteiger partial charge is 0.444 e. The summed E-state index contributed by atoms with van der Waals surface area (Å²) in [6.45, 7) is 7.74. The number of nitrogens with zero attached hydrogens (tertiary/aromatic N) is 1.